The highest BCUT2D eigenvalue weighted by Crippen LogP contribution is 2.40. The maximum Gasteiger partial charge on any atom is 0.224 e. The summed E-state index contributed by atoms with van der Waals surface area (Å²) in [6, 6.07) is 0.0848. The van der Waals surface area contributed by atoms with Crippen LogP contribution in [0.25, 0.3) is 0 Å². The van der Waals surface area contributed by atoms with E-state index in [0.717, 1.165) is 49.6 Å². The van der Waals surface area contributed by atoms with Gasteiger partial charge in [-0.25, -0.2) is 9.97 Å². The number of morpholine rings is 1. The summed E-state index contributed by atoms with van der Waals surface area (Å²) < 4.78 is 5.41. The second-order valence-corrected chi connectivity index (χ2v) is 6.01. The predicted octanol–water partition coefficient (Wildman–Crippen LogP) is 1.19. The van der Waals surface area contributed by atoms with Crippen LogP contribution in [0, 0.1) is 0 Å². The van der Waals surface area contributed by atoms with Crippen molar-refractivity contribution in [2.24, 2.45) is 0 Å². The fourth-order valence-corrected chi connectivity index (χ4v) is 3.72. The summed E-state index contributed by atoms with van der Waals surface area (Å²) in [4.78, 5) is 25.0. The summed E-state index contributed by atoms with van der Waals surface area (Å²) in [5, 5.41) is 0.274. The Labute approximate surface area is 128 Å². The van der Waals surface area contributed by atoms with Gasteiger partial charge in [0.2, 0.25) is 11.2 Å². The number of aromatic nitrogens is 2. The van der Waals surface area contributed by atoms with Crippen molar-refractivity contribution in [3.05, 3.63) is 16.5 Å². The van der Waals surface area contributed by atoms with Crippen LogP contribution in [0.4, 0.5) is 5.82 Å². The molecule has 0 saturated carbocycles. The third-order valence-electron chi connectivity index (χ3n) is 4.55. The summed E-state index contributed by atoms with van der Waals surface area (Å²) in [5.74, 6) is 1.17. The van der Waals surface area contributed by atoms with Crippen molar-refractivity contribution in [1.82, 2.24) is 14.9 Å². The van der Waals surface area contributed by atoms with Crippen LogP contribution >= 0.6 is 11.6 Å². The Kier molecular flexibility index (Phi) is 3.23. The molecule has 1 unspecified atom stereocenters. The summed E-state index contributed by atoms with van der Waals surface area (Å²) in [7, 11) is 0. The molecule has 21 heavy (non-hydrogen) atoms. The van der Waals surface area contributed by atoms with Gasteiger partial charge in [0.05, 0.1) is 24.9 Å². The van der Waals surface area contributed by atoms with E-state index < -0.39 is 0 Å². The first kappa shape index (κ1) is 13.3. The number of halogens is 1. The topological polar surface area (TPSA) is 58.6 Å². The van der Waals surface area contributed by atoms with Gasteiger partial charge >= 0.3 is 0 Å². The summed E-state index contributed by atoms with van der Waals surface area (Å²) >= 11 is 6.14. The van der Waals surface area contributed by atoms with Gasteiger partial charge in [0.25, 0.3) is 0 Å². The Balaban J connectivity index is 1.76. The number of ether oxygens (including phenoxy) is 1. The van der Waals surface area contributed by atoms with Crippen molar-refractivity contribution < 1.29 is 9.53 Å². The van der Waals surface area contributed by atoms with Crippen molar-refractivity contribution >= 4 is 23.3 Å². The fraction of sp³-hybridized carbons (Fsp3) is 0.643. The normalized spacial score (nSPS) is 25.0. The molecule has 0 aromatic carbocycles. The number of anilines is 1. The average molecular weight is 309 g/mol. The summed E-state index contributed by atoms with van der Waals surface area (Å²) in [5.41, 5.74) is 2.12. The molecule has 7 heteroatoms. The molecule has 0 aliphatic carbocycles. The quantitative estimate of drug-likeness (QED) is 0.729. The van der Waals surface area contributed by atoms with Crippen molar-refractivity contribution in [2.75, 3.05) is 37.7 Å². The fourth-order valence-electron chi connectivity index (χ4n) is 3.54. The zero-order valence-electron chi connectivity index (χ0n) is 11.7. The van der Waals surface area contributed by atoms with Gasteiger partial charge in [0.15, 0.2) is 0 Å². The molecule has 4 rings (SSSR count). The first-order chi connectivity index (χ1) is 10.2. The Morgan fingerprint density at radius 2 is 1.95 bits per heavy atom. The van der Waals surface area contributed by atoms with Gasteiger partial charge in [-0.05, 0) is 24.4 Å². The Hall–Kier alpha value is -1.40. The lowest BCUT2D eigenvalue weighted by molar-refractivity contribution is -0.129. The van der Waals surface area contributed by atoms with Crippen molar-refractivity contribution in [3.63, 3.8) is 0 Å². The van der Waals surface area contributed by atoms with E-state index in [4.69, 9.17) is 16.3 Å². The number of amides is 1. The number of carbonyl (C=O) groups is 1. The minimum atomic E-state index is 0.0848. The lowest BCUT2D eigenvalue weighted by atomic mass is 9.98. The van der Waals surface area contributed by atoms with Crippen LogP contribution in [-0.2, 0) is 16.0 Å². The van der Waals surface area contributed by atoms with Gasteiger partial charge in [0, 0.05) is 31.6 Å². The highest BCUT2D eigenvalue weighted by atomic mass is 35.5. The van der Waals surface area contributed by atoms with Gasteiger partial charge in [-0.3, -0.25) is 4.79 Å². The zero-order chi connectivity index (χ0) is 14.4. The predicted molar refractivity (Wildman–Crippen MR) is 77.5 cm³/mol. The van der Waals surface area contributed by atoms with Crippen LogP contribution in [0.15, 0.2) is 0 Å². The van der Waals surface area contributed by atoms with E-state index in [9.17, 15) is 4.79 Å². The molecule has 6 nitrogen and oxygen atoms in total. The molecule has 0 radical (unpaired) electrons. The lowest BCUT2D eigenvalue weighted by Crippen LogP contribution is -2.40. The van der Waals surface area contributed by atoms with Crippen LogP contribution in [0.3, 0.4) is 0 Å². The van der Waals surface area contributed by atoms with Crippen molar-refractivity contribution in [3.8, 4) is 0 Å². The van der Waals surface area contributed by atoms with Crippen LogP contribution in [0.2, 0.25) is 5.28 Å². The third kappa shape index (κ3) is 2.17. The molecule has 2 fully saturated rings. The van der Waals surface area contributed by atoms with E-state index in [1.807, 2.05) is 4.90 Å². The van der Waals surface area contributed by atoms with Crippen molar-refractivity contribution in [2.45, 2.75) is 25.3 Å². The smallest absolute Gasteiger partial charge is 0.224 e. The SMILES string of the molecule is O=C1CCC2c3nc(Cl)nc(N4CCOCC4)c3CCN12. The maximum absolute atomic E-state index is 11.9. The van der Waals surface area contributed by atoms with Crippen LogP contribution in [-0.4, -0.2) is 53.6 Å². The molecular formula is C14H17ClN4O2. The summed E-state index contributed by atoms with van der Waals surface area (Å²) in [6.07, 6.45) is 2.25. The number of rotatable bonds is 1. The molecule has 0 N–H and O–H groups in total. The Morgan fingerprint density at radius 3 is 2.76 bits per heavy atom. The highest BCUT2D eigenvalue weighted by Gasteiger charge is 2.39. The van der Waals surface area contributed by atoms with E-state index in [0.29, 0.717) is 19.6 Å². The minimum Gasteiger partial charge on any atom is -0.378 e. The van der Waals surface area contributed by atoms with E-state index in [2.05, 4.69) is 14.9 Å². The monoisotopic (exact) mass is 308 g/mol. The number of hydrogen-bond donors (Lipinski definition) is 0. The second kappa shape index (κ2) is 5.10. The van der Waals surface area contributed by atoms with Crippen LogP contribution in [0.5, 0.6) is 0 Å². The van der Waals surface area contributed by atoms with Crippen LogP contribution < -0.4 is 4.90 Å². The number of nitrogens with zero attached hydrogens (tertiary/aromatic N) is 4. The van der Waals surface area contributed by atoms with E-state index in [1.165, 1.54) is 0 Å². The number of fused-ring (bicyclic) bond motifs is 3. The molecule has 0 spiro atoms. The Bertz CT molecular complexity index is 589. The van der Waals surface area contributed by atoms with Gasteiger partial charge in [-0.1, -0.05) is 0 Å². The second-order valence-electron chi connectivity index (χ2n) is 5.67. The van der Waals surface area contributed by atoms with Gasteiger partial charge in [0.1, 0.15) is 5.82 Å². The van der Waals surface area contributed by atoms with E-state index in [-0.39, 0.29) is 17.2 Å². The molecule has 4 heterocycles. The van der Waals surface area contributed by atoms with E-state index in [1.54, 1.807) is 0 Å². The van der Waals surface area contributed by atoms with E-state index >= 15 is 0 Å². The largest absolute Gasteiger partial charge is 0.378 e. The van der Waals surface area contributed by atoms with Crippen molar-refractivity contribution in [1.29, 1.82) is 0 Å². The molecule has 1 aromatic rings. The average Bonchev–Trinajstić information content (AvgIpc) is 2.89. The zero-order valence-corrected chi connectivity index (χ0v) is 12.5. The van der Waals surface area contributed by atoms with Gasteiger partial charge in [-0.2, -0.15) is 0 Å². The number of carbonyl (C=O) groups excluding carboxylic acids is 1. The Morgan fingerprint density at radius 1 is 1.14 bits per heavy atom. The molecular weight excluding hydrogens is 292 g/mol. The van der Waals surface area contributed by atoms with Gasteiger partial charge in [-0.15, -0.1) is 0 Å². The third-order valence-corrected chi connectivity index (χ3v) is 4.72. The van der Waals surface area contributed by atoms with Gasteiger partial charge < -0.3 is 14.5 Å². The molecule has 3 aliphatic heterocycles. The molecule has 112 valence electrons. The molecule has 1 aromatic heterocycles. The standard InChI is InChI=1S/C14H17ClN4O2/c15-14-16-12-9(3-4-19-10(12)1-2-11(19)20)13(17-14)18-5-7-21-8-6-18/h10H,1-8H2. The first-order valence-corrected chi connectivity index (χ1v) is 7.80. The lowest BCUT2D eigenvalue weighted by Gasteiger charge is -2.35. The van der Waals surface area contributed by atoms with Crippen LogP contribution in [0.1, 0.15) is 30.1 Å². The minimum absolute atomic E-state index is 0.0848. The maximum atomic E-state index is 11.9. The molecule has 1 atom stereocenters. The molecule has 2 saturated heterocycles. The molecule has 0 bridgehead atoms. The molecule has 3 aliphatic rings. The first-order valence-electron chi connectivity index (χ1n) is 7.42. The summed E-state index contributed by atoms with van der Waals surface area (Å²) in [6.45, 7) is 3.84. The number of hydrogen-bond acceptors (Lipinski definition) is 5. The molecule has 1 amide bonds. The highest BCUT2D eigenvalue weighted by molar-refractivity contribution is 6.28.